The molecular weight excluding hydrogens is 605 g/mol. The fourth-order valence-corrected chi connectivity index (χ4v) is 9.04. The average Bonchev–Trinajstić information content (AvgIpc) is 3.53. The van der Waals surface area contributed by atoms with Gasteiger partial charge in [-0.1, -0.05) is 26.0 Å². The Bertz CT molecular complexity index is 1900. The Hall–Kier alpha value is -4.16. The first kappa shape index (κ1) is 29.9. The lowest BCUT2D eigenvalue weighted by Gasteiger charge is -2.37. The van der Waals surface area contributed by atoms with Crippen LogP contribution in [0.2, 0.25) is 0 Å². The molecule has 44 heavy (non-hydrogen) atoms. The number of phenolic OH excluding ortho intramolecular Hbond substituents is 1. The maximum Gasteiger partial charge on any atom is 0.281 e. The molecule has 0 fully saturated rings. The van der Waals surface area contributed by atoms with Crippen LogP contribution in [0.1, 0.15) is 58.9 Å². The van der Waals surface area contributed by atoms with Crippen molar-refractivity contribution in [3.05, 3.63) is 98.1 Å². The molecule has 6 rings (SSSR count). The maximum atomic E-state index is 16.3. The fraction of sp³-hybridized carbons (Fsp3) is 0.312. The van der Waals surface area contributed by atoms with Gasteiger partial charge in [0.15, 0.2) is 21.4 Å². The summed E-state index contributed by atoms with van der Waals surface area (Å²) in [5.74, 6) is -1.12. The minimum absolute atomic E-state index is 0.0457. The van der Waals surface area contributed by atoms with Gasteiger partial charge in [0, 0.05) is 35.5 Å². The van der Waals surface area contributed by atoms with Crippen molar-refractivity contribution in [2.45, 2.75) is 46.6 Å². The number of halogens is 1. The molecule has 1 amide bonds. The van der Waals surface area contributed by atoms with Crippen LogP contribution in [0.5, 0.6) is 11.5 Å². The van der Waals surface area contributed by atoms with E-state index in [0.29, 0.717) is 13.0 Å². The summed E-state index contributed by atoms with van der Waals surface area (Å²) < 4.78 is 55.9. The second-order valence-corrected chi connectivity index (χ2v) is 14.8. The molecule has 2 aromatic carbocycles. The van der Waals surface area contributed by atoms with Crippen LogP contribution in [-0.2, 0) is 16.3 Å². The van der Waals surface area contributed by atoms with E-state index in [1.54, 1.807) is 37.3 Å². The zero-order valence-corrected chi connectivity index (χ0v) is 26.3. The first-order valence-electron chi connectivity index (χ1n) is 14.1. The van der Waals surface area contributed by atoms with Crippen LogP contribution in [0.15, 0.2) is 68.9 Å². The van der Waals surface area contributed by atoms with Gasteiger partial charge in [-0.2, -0.15) is 0 Å². The molecule has 230 valence electrons. The van der Waals surface area contributed by atoms with Crippen LogP contribution < -0.4 is 15.0 Å². The van der Waals surface area contributed by atoms with Gasteiger partial charge in [-0.15, -0.1) is 11.3 Å². The smallest absolute Gasteiger partial charge is 0.281 e. The van der Waals surface area contributed by atoms with E-state index in [0.717, 1.165) is 4.88 Å². The van der Waals surface area contributed by atoms with Crippen LogP contribution in [0.4, 0.5) is 15.8 Å². The highest BCUT2D eigenvalue weighted by Crippen LogP contribution is 2.52. The normalized spacial score (nSPS) is 18.7. The van der Waals surface area contributed by atoms with Gasteiger partial charge in [-0.05, 0) is 54.5 Å². The Kier molecular flexibility index (Phi) is 7.53. The SMILES string of the molecule is Cc1nc(C(=O)N2c3cccc(O)c3NC3=C(C2c2ccc(OCCc4cccs4)cc2F)S(=O)(=O)CC(C)(C)C3)c(C)o1. The molecule has 0 bridgehead atoms. The third kappa shape index (κ3) is 5.48. The number of para-hydroxylation sites is 1. The molecule has 0 radical (unpaired) electrons. The number of thiophene rings is 1. The van der Waals surface area contributed by atoms with Crippen molar-refractivity contribution in [3.63, 3.8) is 0 Å². The first-order valence-corrected chi connectivity index (χ1v) is 16.6. The van der Waals surface area contributed by atoms with Gasteiger partial charge >= 0.3 is 0 Å². The first-order chi connectivity index (χ1) is 20.8. The molecule has 2 N–H and O–H groups in total. The third-order valence-corrected chi connectivity index (χ3v) is 11.0. The summed E-state index contributed by atoms with van der Waals surface area (Å²) >= 11 is 1.60. The number of amides is 1. The van der Waals surface area contributed by atoms with Gasteiger partial charge in [-0.3, -0.25) is 9.69 Å². The lowest BCUT2D eigenvalue weighted by Crippen LogP contribution is -2.41. The number of rotatable bonds is 6. The van der Waals surface area contributed by atoms with Crippen LogP contribution >= 0.6 is 11.3 Å². The zero-order chi connectivity index (χ0) is 31.4. The number of aromatic nitrogens is 1. The quantitative estimate of drug-likeness (QED) is 0.224. The van der Waals surface area contributed by atoms with E-state index in [2.05, 4.69) is 10.3 Å². The van der Waals surface area contributed by atoms with Gasteiger partial charge < -0.3 is 19.6 Å². The molecule has 2 aliphatic heterocycles. The maximum absolute atomic E-state index is 16.3. The number of carbonyl (C=O) groups excluding carboxylic acids is 1. The highest BCUT2D eigenvalue weighted by molar-refractivity contribution is 7.95. The van der Waals surface area contributed by atoms with E-state index in [1.165, 1.54) is 29.2 Å². The number of hydrogen-bond donors (Lipinski definition) is 2. The van der Waals surface area contributed by atoms with Crippen molar-refractivity contribution in [3.8, 4) is 11.5 Å². The number of carbonyl (C=O) groups is 1. The number of hydrogen-bond acceptors (Lipinski definition) is 9. The molecule has 2 aliphatic rings. The van der Waals surface area contributed by atoms with Crippen molar-refractivity contribution in [1.29, 1.82) is 0 Å². The second kappa shape index (κ2) is 11.1. The highest BCUT2D eigenvalue weighted by atomic mass is 32.2. The van der Waals surface area contributed by atoms with E-state index in [4.69, 9.17) is 9.15 Å². The molecule has 0 aliphatic carbocycles. The number of oxazole rings is 1. The van der Waals surface area contributed by atoms with E-state index >= 15 is 4.39 Å². The van der Waals surface area contributed by atoms with E-state index in [9.17, 15) is 18.3 Å². The molecule has 9 nitrogen and oxygen atoms in total. The number of ether oxygens (including phenoxy) is 1. The number of anilines is 2. The van der Waals surface area contributed by atoms with Crippen molar-refractivity contribution in [1.82, 2.24) is 4.98 Å². The Morgan fingerprint density at radius 3 is 2.70 bits per heavy atom. The van der Waals surface area contributed by atoms with Gasteiger partial charge in [0.25, 0.3) is 5.91 Å². The Balaban J connectivity index is 1.54. The summed E-state index contributed by atoms with van der Waals surface area (Å²) in [6.45, 7) is 7.16. The summed E-state index contributed by atoms with van der Waals surface area (Å²) in [7, 11) is -4.06. The Morgan fingerprint density at radius 1 is 1.23 bits per heavy atom. The molecule has 1 unspecified atom stereocenters. The van der Waals surface area contributed by atoms with Crippen molar-refractivity contribution < 1.29 is 31.9 Å². The summed E-state index contributed by atoms with van der Waals surface area (Å²) in [5.41, 5.74) is -0.178. The monoisotopic (exact) mass is 637 g/mol. The van der Waals surface area contributed by atoms with Crippen molar-refractivity contribution >= 4 is 38.5 Å². The fourth-order valence-electron chi connectivity index (χ4n) is 5.99. The van der Waals surface area contributed by atoms with Gasteiger partial charge in [0.2, 0.25) is 0 Å². The molecule has 4 heterocycles. The summed E-state index contributed by atoms with van der Waals surface area (Å²) in [6, 6.07) is 11.3. The van der Waals surface area contributed by atoms with Crippen LogP contribution in [0.3, 0.4) is 0 Å². The molecule has 2 aromatic heterocycles. The van der Waals surface area contributed by atoms with E-state index in [1.807, 2.05) is 31.4 Å². The largest absolute Gasteiger partial charge is 0.506 e. The number of allylic oxidation sites excluding steroid dienone is 1. The van der Waals surface area contributed by atoms with Gasteiger partial charge in [0.05, 0.1) is 23.0 Å². The molecule has 1 atom stereocenters. The lowest BCUT2D eigenvalue weighted by molar-refractivity contribution is 0.0974. The number of phenols is 1. The standard InChI is InChI=1S/C32H32FN3O6S2/c1-18-27(34-19(2)42-18)31(38)36-25-8-5-9-26(37)28(25)35-24-16-32(3,4)17-44(39,40)30(24)29(36)22-11-10-20(15-23(22)33)41-13-12-21-7-6-14-43-21/h5-11,14-15,29,35,37H,12-13,16-17H2,1-4H3. The number of sulfone groups is 1. The topological polar surface area (TPSA) is 122 Å². The highest BCUT2D eigenvalue weighted by Gasteiger charge is 2.48. The van der Waals surface area contributed by atoms with E-state index in [-0.39, 0.29) is 68.6 Å². The van der Waals surface area contributed by atoms with Crippen LogP contribution in [0, 0.1) is 25.1 Å². The number of aromatic hydroxyl groups is 1. The minimum Gasteiger partial charge on any atom is -0.506 e. The Morgan fingerprint density at radius 2 is 2.02 bits per heavy atom. The summed E-state index contributed by atoms with van der Waals surface area (Å²) in [6.07, 6.45) is 0.931. The molecule has 0 saturated heterocycles. The zero-order valence-electron chi connectivity index (χ0n) is 24.7. The molecule has 12 heteroatoms. The lowest BCUT2D eigenvalue weighted by atomic mass is 9.88. The number of aryl methyl sites for hydroxylation is 2. The predicted octanol–water partition coefficient (Wildman–Crippen LogP) is 6.69. The van der Waals surface area contributed by atoms with Crippen molar-refractivity contribution in [2.24, 2.45) is 5.41 Å². The van der Waals surface area contributed by atoms with Gasteiger partial charge in [0.1, 0.15) is 34.8 Å². The molecule has 0 saturated carbocycles. The van der Waals surface area contributed by atoms with Crippen LogP contribution in [0.25, 0.3) is 0 Å². The predicted molar refractivity (Wildman–Crippen MR) is 166 cm³/mol. The summed E-state index contributed by atoms with van der Waals surface area (Å²) in [4.78, 5) is 20.9. The van der Waals surface area contributed by atoms with E-state index < -0.39 is 33.0 Å². The number of nitrogens with zero attached hydrogens (tertiary/aromatic N) is 2. The molecule has 0 spiro atoms. The van der Waals surface area contributed by atoms with Crippen LogP contribution in [-0.4, -0.2) is 36.8 Å². The number of nitrogens with one attached hydrogen (secondary N) is 1. The van der Waals surface area contributed by atoms with Crippen molar-refractivity contribution in [2.75, 3.05) is 22.6 Å². The average molecular weight is 638 g/mol. The minimum atomic E-state index is -4.06. The summed E-state index contributed by atoms with van der Waals surface area (Å²) in [5, 5.41) is 16.1. The molecular formula is C32H32FN3O6S2. The number of fused-ring (bicyclic) bond motifs is 1. The Labute approximate surface area is 258 Å². The molecule has 4 aromatic rings. The van der Waals surface area contributed by atoms with Gasteiger partial charge in [-0.25, -0.2) is 17.8 Å². The number of benzene rings is 2. The second-order valence-electron chi connectivity index (χ2n) is 11.8. The third-order valence-electron chi connectivity index (χ3n) is 7.72.